The fraction of sp³-hybridized carbons (Fsp3) is 0.529. The zero-order valence-electron chi connectivity index (χ0n) is 15.3. The summed E-state index contributed by atoms with van der Waals surface area (Å²) < 4.78 is 7.17. The molecule has 2 aromatic heterocycles. The second-order valence-electron chi connectivity index (χ2n) is 6.56. The minimum atomic E-state index is -0.300. The smallest absolute Gasteiger partial charge is 0.223 e. The topological polar surface area (TPSA) is 99.2 Å². The Morgan fingerprint density at radius 1 is 1.28 bits per heavy atom. The van der Waals surface area contributed by atoms with Gasteiger partial charge in [-0.25, -0.2) is 4.98 Å². The molecular weight excluding hydrogens is 320 g/mol. The number of primary amides is 1. The summed E-state index contributed by atoms with van der Waals surface area (Å²) in [6.45, 7) is 6.94. The molecule has 0 saturated carbocycles. The molecule has 1 saturated heterocycles. The van der Waals surface area contributed by atoms with Crippen LogP contribution in [0.4, 0.5) is 5.82 Å². The van der Waals surface area contributed by atoms with E-state index >= 15 is 0 Å². The first-order valence-electron chi connectivity index (χ1n) is 8.25. The Morgan fingerprint density at radius 2 is 2.00 bits per heavy atom. The molecule has 134 valence electrons. The number of aromatic nitrogens is 4. The molecule has 1 fully saturated rings. The summed E-state index contributed by atoms with van der Waals surface area (Å²) in [4.78, 5) is 23.0. The zero-order valence-corrected chi connectivity index (χ0v) is 15.3. The highest BCUT2D eigenvalue weighted by Crippen LogP contribution is 2.38. The number of amides is 1. The van der Waals surface area contributed by atoms with Crippen LogP contribution in [0, 0.1) is 26.7 Å². The van der Waals surface area contributed by atoms with Crippen LogP contribution in [0.5, 0.6) is 5.88 Å². The molecule has 8 heteroatoms. The number of nitrogens with two attached hydrogens (primary N) is 1. The minimum Gasteiger partial charge on any atom is -0.481 e. The van der Waals surface area contributed by atoms with Gasteiger partial charge in [0.2, 0.25) is 11.8 Å². The first-order chi connectivity index (χ1) is 11.8. The molecule has 1 aliphatic rings. The number of methoxy groups -OCH3 is 1. The Morgan fingerprint density at radius 3 is 2.56 bits per heavy atom. The summed E-state index contributed by atoms with van der Waals surface area (Å²) in [5, 5.41) is 4.31. The maximum Gasteiger partial charge on any atom is 0.223 e. The van der Waals surface area contributed by atoms with Gasteiger partial charge in [-0.2, -0.15) is 10.1 Å². The van der Waals surface area contributed by atoms with Crippen molar-refractivity contribution >= 4 is 11.7 Å². The van der Waals surface area contributed by atoms with Crippen molar-refractivity contribution in [3.8, 4) is 5.88 Å². The van der Waals surface area contributed by atoms with E-state index in [-0.39, 0.29) is 17.7 Å². The van der Waals surface area contributed by atoms with Crippen LogP contribution < -0.4 is 15.4 Å². The van der Waals surface area contributed by atoms with E-state index in [4.69, 9.17) is 10.5 Å². The van der Waals surface area contributed by atoms with Gasteiger partial charge < -0.3 is 15.4 Å². The summed E-state index contributed by atoms with van der Waals surface area (Å²) in [6, 6.07) is 0. The molecule has 25 heavy (non-hydrogen) atoms. The SMILES string of the molecule is COc1nc(C)nc(N2C[C@H](C(N)=O)[C@@H](c3cnn(C)c3C)C2)c1C. The van der Waals surface area contributed by atoms with Crippen LogP contribution in [0.2, 0.25) is 0 Å². The molecule has 1 aliphatic heterocycles. The van der Waals surface area contributed by atoms with Crippen LogP contribution in [0.1, 0.15) is 28.6 Å². The van der Waals surface area contributed by atoms with E-state index < -0.39 is 0 Å². The molecule has 0 aromatic carbocycles. The van der Waals surface area contributed by atoms with Gasteiger partial charge in [-0.15, -0.1) is 0 Å². The lowest BCUT2D eigenvalue weighted by Crippen LogP contribution is -2.29. The van der Waals surface area contributed by atoms with Gasteiger partial charge in [0.05, 0.1) is 24.8 Å². The van der Waals surface area contributed by atoms with Crippen molar-refractivity contribution in [2.75, 3.05) is 25.1 Å². The lowest BCUT2D eigenvalue weighted by molar-refractivity contribution is -0.121. The first-order valence-corrected chi connectivity index (χ1v) is 8.25. The number of anilines is 1. The highest BCUT2D eigenvalue weighted by molar-refractivity contribution is 5.80. The van der Waals surface area contributed by atoms with E-state index in [0.29, 0.717) is 24.8 Å². The predicted octanol–water partition coefficient (Wildman–Crippen LogP) is 0.849. The molecule has 8 nitrogen and oxygen atoms in total. The summed E-state index contributed by atoms with van der Waals surface area (Å²) in [6.07, 6.45) is 1.83. The second kappa shape index (κ2) is 6.34. The number of carbonyl (C=O) groups is 1. The number of aryl methyl sites for hydroxylation is 2. The van der Waals surface area contributed by atoms with Crippen molar-refractivity contribution in [1.82, 2.24) is 19.7 Å². The molecule has 2 atom stereocenters. The van der Waals surface area contributed by atoms with E-state index in [9.17, 15) is 4.79 Å². The fourth-order valence-corrected chi connectivity index (χ4v) is 3.56. The number of carbonyl (C=O) groups excluding carboxylic acids is 1. The highest BCUT2D eigenvalue weighted by atomic mass is 16.5. The van der Waals surface area contributed by atoms with Crippen LogP contribution in [0.25, 0.3) is 0 Å². The summed E-state index contributed by atoms with van der Waals surface area (Å²) in [7, 11) is 3.49. The van der Waals surface area contributed by atoms with Gasteiger partial charge >= 0.3 is 0 Å². The third kappa shape index (κ3) is 2.92. The highest BCUT2D eigenvalue weighted by Gasteiger charge is 2.40. The van der Waals surface area contributed by atoms with E-state index in [1.165, 1.54) is 0 Å². The molecule has 3 rings (SSSR count). The van der Waals surface area contributed by atoms with E-state index in [1.54, 1.807) is 7.11 Å². The third-order valence-electron chi connectivity index (χ3n) is 5.04. The fourth-order valence-electron chi connectivity index (χ4n) is 3.56. The van der Waals surface area contributed by atoms with E-state index in [2.05, 4.69) is 20.0 Å². The first kappa shape index (κ1) is 17.2. The van der Waals surface area contributed by atoms with Gasteiger partial charge in [0, 0.05) is 31.7 Å². The average molecular weight is 344 g/mol. The van der Waals surface area contributed by atoms with Gasteiger partial charge in [0.25, 0.3) is 0 Å². The lowest BCUT2D eigenvalue weighted by Gasteiger charge is -2.21. The number of ether oxygens (including phenoxy) is 1. The van der Waals surface area contributed by atoms with Gasteiger partial charge in [-0.3, -0.25) is 9.48 Å². The molecule has 0 bridgehead atoms. The van der Waals surface area contributed by atoms with Crippen molar-refractivity contribution in [2.24, 2.45) is 18.7 Å². The maximum atomic E-state index is 12.1. The number of hydrogen-bond donors (Lipinski definition) is 1. The van der Waals surface area contributed by atoms with Crippen LogP contribution in [-0.4, -0.2) is 45.9 Å². The normalized spacial score (nSPS) is 20.1. The zero-order chi connectivity index (χ0) is 18.3. The molecule has 0 aliphatic carbocycles. The van der Waals surface area contributed by atoms with Gasteiger partial charge in [0.1, 0.15) is 11.6 Å². The van der Waals surface area contributed by atoms with Crippen molar-refractivity contribution in [2.45, 2.75) is 26.7 Å². The number of rotatable bonds is 4. The minimum absolute atomic E-state index is 0.00753. The largest absolute Gasteiger partial charge is 0.481 e. The van der Waals surface area contributed by atoms with Crippen LogP contribution in [-0.2, 0) is 11.8 Å². The number of hydrogen-bond acceptors (Lipinski definition) is 6. The third-order valence-corrected chi connectivity index (χ3v) is 5.04. The average Bonchev–Trinajstić information content (AvgIpc) is 3.14. The van der Waals surface area contributed by atoms with Crippen molar-refractivity contribution < 1.29 is 9.53 Å². The molecule has 3 heterocycles. The van der Waals surface area contributed by atoms with Gasteiger partial charge in [0.15, 0.2) is 0 Å². The van der Waals surface area contributed by atoms with Crippen molar-refractivity contribution in [3.05, 3.63) is 28.8 Å². The van der Waals surface area contributed by atoms with Gasteiger partial charge in [-0.05, 0) is 26.3 Å². The molecule has 0 unspecified atom stereocenters. The Kier molecular flexibility index (Phi) is 4.36. The quantitative estimate of drug-likeness (QED) is 0.883. The van der Waals surface area contributed by atoms with Crippen LogP contribution in [0.15, 0.2) is 6.20 Å². The second-order valence-corrected chi connectivity index (χ2v) is 6.56. The predicted molar refractivity (Wildman–Crippen MR) is 93.6 cm³/mol. The summed E-state index contributed by atoms with van der Waals surface area (Å²) in [5.74, 6) is 1.38. The Labute approximate surface area is 147 Å². The standard InChI is InChI=1S/C17H24N6O2/c1-9-16(20-11(3)21-17(9)25-5)23-7-13(14(8-23)15(18)24)12-6-19-22(4)10(12)2/h6,13-14H,7-8H2,1-5H3,(H2,18,24)/t13-,14+/m1/s1. The van der Waals surface area contributed by atoms with Crippen molar-refractivity contribution in [1.29, 1.82) is 0 Å². The summed E-state index contributed by atoms with van der Waals surface area (Å²) >= 11 is 0. The molecule has 2 N–H and O–H groups in total. The molecule has 0 spiro atoms. The summed E-state index contributed by atoms with van der Waals surface area (Å²) in [5.41, 5.74) is 8.66. The molecule has 2 aromatic rings. The molecule has 0 radical (unpaired) electrons. The van der Waals surface area contributed by atoms with Crippen LogP contribution >= 0.6 is 0 Å². The lowest BCUT2D eigenvalue weighted by atomic mass is 9.89. The molecular formula is C17H24N6O2. The Hall–Kier alpha value is -2.64. The van der Waals surface area contributed by atoms with Gasteiger partial charge in [-0.1, -0.05) is 0 Å². The Balaban J connectivity index is 2.00. The Bertz CT molecular complexity index is 816. The van der Waals surface area contributed by atoms with Crippen LogP contribution in [0.3, 0.4) is 0 Å². The number of nitrogens with zero attached hydrogens (tertiary/aromatic N) is 5. The van der Waals surface area contributed by atoms with E-state index in [0.717, 1.165) is 22.6 Å². The molecule has 1 amide bonds. The maximum absolute atomic E-state index is 12.1. The van der Waals surface area contributed by atoms with Crippen molar-refractivity contribution in [3.63, 3.8) is 0 Å². The van der Waals surface area contributed by atoms with E-state index in [1.807, 2.05) is 38.7 Å². The monoisotopic (exact) mass is 344 g/mol.